The van der Waals surface area contributed by atoms with Gasteiger partial charge in [-0.3, -0.25) is 0 Å². The van der Waals surface area contributed by atoms with Crippen LogP contribution < -0.4 is 0 Å². The van der Waals surface area contributed by atoms with Crippen LogP contribution >= 0.6 is 0 Å². The van der Waals surface area contributed by atoms with Crippen LogP contribution in [0.1, 0.15) is 32.8 Å². The van der Waals surface area contributed by atoms with Gasteiger partial charge in [0.2, 0.25) is 0 Å². The molecule has 1 aliphatic heterocycles. The average molecular weight is 307 g/mol. The Kier molecular flexibility index (Phi) is 4.78. The third kappa shape index (κ3) is 3.59. The van der Waals surface area contributed by atoms with Crippen LogP contribution in [0.5, 0.6) is 0 Å². The molecule has 22 heavy (non-hydrogen) atoms. The van der Waals surface area contributed by atoms with E-state index in [-0.39, 0.29) is 6.09 Å². The van der Waals surface area contributed by atoms with Crippen LogP contribution in [0.3, 0.4) is 0 Å². The number of piperidine rings is 1. The summed E-state index contributed by atoms with van der Waals surface area (Å²) in [5.41, 5.74) is -0.813. The summed E-state index contributed by atoms with van der Waals surface area (Å²) in [5, 5.41) is 11.0. The second kappa shape index (κ2) is 6.26. The van der Waals surface area contributed by atoms with Crippen LogP contribution in [0, 0.1) is 0 Å². The van der Waals surface area contributed by atoms with E-state index in [1.807, 2.05) is 51.1 Å². The Bertz CT molecular complexity index is 511. The number of nitrogens with zero attached hydrogens (tertiary/aromatic N) is 1. The van der Waals surface area contributed by atoms with Crippen LogP contribution in [-0.4, -0.2) is 48.0 Å². The van der Waals surface area contributed by atoms with Gasteiger partial charge in [-0.05, 0) is 26.3 Å². The maximum absolute atomic E-state index is 12.2. The molecule has 1 fully saturated rings. The number of methoxy groups -OCH3 is 1. The number of benzene rings is 1. The smallest absolute Gasteiger partial charge is 0.410 e. The second-order valence-electron chi connectivity index (χ2n) is 6.69. The maximum Gasteiger partial charge on any atom is 0.410 e. The van der Waals surface area contributed by atoms with Crippen molar-refractivity contribution in [2.24, 2.45) is 0 Å². The van der Waals surface area contributed by atoms with Crippen molar-refractivity contribution in [2.45, 2.75) is 44.5 Å². The molecule has 2 rings (SSSR count). The van der Waals surface area contributed by atoms with Gasteiger partial charge < -0.3 is 19.5 Å². The quantitative estimate of drug-likeness (QED) is 0.912. The fourth-order valence-corrected chi connectivity index (χ4v) is 2.73. The lowest BCUT2D eigenvalue weighted by Crippen LogP contribution is -2.56. The maximum atomic E-state index is 12.2. The zero-order valence-electron chi connectivity index (χ0n) is 13.7. The average Bonchev–Trinajstić information content (AvgIpc) is 2.46. The van der Waals surface area contributed by atoms with E-state index in [1.165, 1.54) is 0 Å². The fourth-order valence-electron chi connectivity index (χ4n) is 2.73. The van der Waals surface area contributed by atoms with Gasteiger partial charge in [0.05, 0.1) is 6.54 Å². The highest BCUT2D eigenvalue weighted by molar-refractivity contribution is 5.68. The molecule has 0 radical (unpaired) electrons. The van der Waals surface area contributed by atoms with E-state index in [9.17, 15) is 9.90 Å². The Morgan fingerprint density at radius 3 is 2.50 bits per heavy atom. The molecular formula is C17H25NO4. The number of aliphatic hydroxyl groups is 1. The normalized spacial score (nSPS) is 25.9. The van der Waals surface area contributed by atoms with Gasteiger partial charge >= 0.3 is 6.09 Å². The van der Waals surface area contributed by atoms with E-state index >= 15 is 0 Å². The van der Waals surface area contributed by atoms with Gasteiger partial charge in [-0.25, -0.2) is 4.79 Å². The molecule has 1 amide bonds. The second-order valence-corrected chi connectivity index (χ2v) is 6.69. The lowest BCUT2D eigenvalue weighted by Gasteiger charge is -2.44. The summed E-state index contributed by atoms with van der Waals surface area (Å²) in [6.45, 7) is 6.24. The van der Waals surface area contributed by atoms with E-state index in [4.69, 9.17) is 9.47 Å². The Morgan fingerprint density at radius 2 is 1.95 bits per heavy atom. The first kappa shape index (κ1) is 16.8. The summed E-state index contributed by atoms with van der Waals surface area (Å²) in [5.74, 6) is 0. The Balaban J connectivity index is 2.13. The lowest BCUT2D eigenvalue weighted by molar-refractivity contribution is -0.137. The number of carbonyl (C=O) groups excluding carboxylic acids is 1. The summed E-state index contributed by atoms with van der Waals surface area (Å²) >= 11 is 0. The predicted molar refractivity (Wildman–Crippen MR) is 83.6 cm³/mol. The SMILES string of the molecule is CO[C@@H]1CN(C(=O)OC(C)(C)C)CC[C@@]1(O)c1ccccc1. The molecular weight excluding hydrogens is 282 g/mol. The minimum Gasteiger partial charge on any atom is -0.444 e. The van der Waals surface area contributed by atoms with Gasteiger partial charge in [0.15, 0.2) is 0 Å². The molecule has 1 N–H and O–H groups in total. The standard InChI is InChI=1S/C17H25NO4/c1-16(2,3)22-15(19)18-11-10-17(20,14(12-18)21-4)13-8-6-5-7-9-13/h5-9,14,20H,10-12H2,1-4H3/t14-,17-/m1/s1. The molecule has 0 bridgehead atoms. The van der Waals surface area contributed by atoms with E-state index in [2.05, 4.69) is 0 Å². The predicted octanol–water partition coefficient (Wildman–Crippen LogP) is 2.53. The van der Waals surface area contributed by atoms with Crippen molar-refractivity contribution in [2.75, 3.05) is 20.2 Å². The van der Waals surface area contributed by atoms with Gasteiger partial charge in [-0.1, -0.05) is 30.3 Å². The van der Waals surface area contributed by atoms with Gasteiger partial charge in [0.1, 0.15) is 17.3 Å². The van der Waals surface area contributed by atoms with Crippen molar-refractivity contribution in [3.05, 3.63) is 35.9 Å². The zero-order chi connectivity index (χ0) is 16.4. The number of hydrogen-bond donors (Lipinski definition) is 1. The molecule has 122 valence electrons. The van der Waals surface area contributed by atoms with Crippen molar-refractivity contribution in [1.29, 1.82) is 0 Å². The summed E-state index contributed by atoms with van der Waals surface area (Å²) in [6, 6.07) is 9.45. The molecule has 0 spiro atoms. The summed E-state index contributed by atoms with van der Waals surface area (Å²) in [6.07, 6.45) is -0.449. The zero-order valence-corrected chi connectivity index (χ0v) is 13.7. The first-order chi connectivity index (χ1) is 10.3. The molecule has 1 aromatic rings. The van der Waals surface area contributed by atoms with Crippen LogP contribution in [-0.2, 0) is 15.1 Å². The van der Waals surface area contributed by atoms with Crippen molar-refractivity contribution < 1.29 is 19.4 Å². The molecule has 0 saturated carbocycles. The van der Waals surface area contributed by atoms with Crippen LogP contribution in [0.2, 0.25) is 0 Å². The van der Waals surface area contributed by atoms with Gasteiger partial charge in [0.25, 0.3) is 0 Å². The Hall–Kier alpha value is -1.59. The summed E-state index contributed by atoms with van der Waals surface area (Å²) in [4.78, 5) is 13.8. The molecule has 0 aromatic heterocycles. The van der Waals surface area contributed by atoms with E-state index < -0.39 is 17.3 Å². The van der Waals surface area contributed by atoms with Crippen LogP contribution in [0.4, 0.5) is 4.79 Å². The van der Waals surface area contributed by atoms with Gasteiger partial charge in [0, 0.05) is 20.1 Å². The number of rotatable bonds is 2. The molecule has 5 heteroatoms. The van der Waals surface area contributed by atoms with Gasteiger partial charge in [-0.2, -0.15) is 0 Å². The molecule has 0 unspecified atom stereocenters. The highest BCUT2D eigenvalue weighted by Crippen LogP contribution is 2.35. The number of likely N-dealkylation sites (tertiary alicyclic amines) is 1. The summed E-state index contributed by atoms with van der Waals surface area (Å²) < 4.78 is 10.9. The van der Waals surface area contributed by atoms with E-state index in [0.717, 1.165) is 5.56 Å². The largest absolute Gasteiger partial charge is 0.444 e. The molecule has 1 saturated heterocycles. The number of carbonyl (C=O) groups is 1. The van der Waals surface area contributed by atoms with Crippen molar-refractivity contribution in [3.63, 3.8) is 0 Å². The van der Waals surface area contributed by atoms with Crippen molar-refractivity contribution in [3.8, 4) is 0 Å². The number of amides is 1. The number of ether oxygens (including phenoxy) is 2. The Labute approximate surface area is 131 Å². The molecule has 1 aromatic carbocycles. The number of hydrogen-bond acceptors (Lipinski definition) is 4. The van der Waals surface area contributed by atoms with E-state index in [0.29, 0.717) is 19.5 Å². The highest BCUT2D eigenvalue weighted by Gasteiger charge is 2.45. The minimum atomic E-state index is -1.09. The van der Waals surface area contributed by atoms with Crippen molar-refractivity contribution >= 4 is 6.09 Å². The first-order valence-corrected chi connectivity index (χ1v) is 7.55. The van der Waals surface area contributed by atoms with Crippen LogP contribution in [0.25, 0.3) is 0 Å². The highest BCUT2D eigenvalue weighted by atomic mass is 16.6. The van der Waals surface area contributed by atoms with Crippen LogP contribution in [0.15, 0.2) is 30.3 Å². The molecule has 0 aliphatic carbocycles. The molecule has 5 nitrogen and oxygen atoms in total. The van der Waals surface area contributed by atoms with E-state index in [1.54, 1.807) is 12.0 Å². The monoisotopic (exact) mass is 307 g/mol. The third-order valence-electron chi connectivity index (χ3n) is 3.89. The minimum absolute atomic E-state index is 0.302. The molecule has 1 heterocycles. The molecule has 2 atom stereocenters. The first-order valence-electron chi connectivity index (χ1n) is 7.55. The molecule has 1 aliphatic rings. The van der Waals surface area contributed by atoms with Crippen molar-refractivity contribution in [1.82, 2.24) is 4.90 Å². The van der Waals surface area contributed by atoms with Gasteiger partial charge in [-0.15, -0.1) is 0 Å². The topological polar surface area (TPSA) is 59.0 Å². The lowest BCUT2D eigenvalue weighted by atomic mass is 9.82. The third-order valence-corrected chi connectivity index (χ3v) is 3.89. The Morgan fingerprint density at radius 1 is 1.32 bits per heavy atom. The summed E-state index contributed by atoms with van der Waals surface area (Å²) in [7, 11) is 1.55. The fraction of sp³-hybridized carbons (Fsp3) is 0.588.